The molecule has 0 radical (unpaired) electrons. The van der Waals surface area contributed by atoms with Gasteiger partial charge in [0.1, 0.15) is 6.42 Å². The number of nitrogens with zero attached hydrogens (tertiary/aromatic N) is 1. The van der Waals surface area contributed by atoms with Gasteiger partial charge in [0.05, 0.1) is 16.9 Å². The monoisotopic (exact) mass is 489 g/mol. The molecule has 0 bridgehead atoms. The Morgan fingerprint density at radius 2 is 1.56 bits per heavy atom. The number of anilines is 4. The van der Waals surface area contributed by atoms with Crippen LogP contribution in [-0.4, -0.2) is 17.7 Å². The first-order valence-corrected chi connectivity index (χ1v) is 10.9. The standard InChI is InChI=1S/C27H18F3N3O3/c28-27(29,30)18-8-5-17(6-9-18)26(36)31-19-10-12-20(13-11-19)33-22-14-7-16-3-1-2-4-21(16)25(22)32-23(34)15-24(33)35/h1-14H,15H2,(H,31,36)(H,32,34). The number of benzene rings is 4. The van der Waals surface area contributed by atoms with E-state index in [0.29, 0.717) is 22.7 Å². The number of carbonyl (C=O) groups is 3. The summed E-state index contributed by atoms with van der Waals surface area (Å²) in [6, 6.07) is 21.4. The summed E-state index contributed by atoms with van der Waals surface area (Å²) in [5.41, 5.74) is 1.15. The number of amides is 3. The Balaban J connectivity index is 1.42. The van der Waals surface area contributed by atoms with Crippen molar-refractivity contribution in [2.45, 2.75) is 12.6 Å². The minimum absolute atomic E-state index is 0.0696. The Labute approximate surface area is 203 Å². The summed E-state index contributed by atoms with van der Waals surface area (Å²) < 4.78 is 38.3. The summed E-state index contributed by atoms with van der Waals surface area (Å²) in [4.78, 5) is 39.3. The molecule has 6 nitrogen and oxygen atoms in total. The Kier molecular flexibility index (Phi) is 5.68. The molecule has 0 saturated heterocycles. The molecule has 0 atom stereocenters. The van der Waals surface area contributed by atoms with Crippen LogP contribution in [0.2, 0.25) is 0 Å². The van der Waals surface area contributed by atoms with Crippen LogP contribution < -0.4 is 15.5 Å². The van der Waals surface area contributed by atoms with Gasteiger partial charge in [-0.05, 0) is 60.0 Å². The van der Waals surface area contributed by atoms with Gasteiger partial charge < -0.3 is 10.6 Å². The lowest BCUT2D eigenvalue weighted by Crippen LogP contribution is -2.26. The number of rotatable bonds is 3. The molecule has 4 aromatic carbocycles. The highest BCUT2D eigenvalue weighted by atomic mass is 19.4. The first-order valence-electron chi connectivity index (χ1n) is 10.9. The van der Waals surface area contributed by atoms with Crippen LogP contribution >= 0.6 is 0 Å². The summed E-state index contributed by atoms with van der Waals surface area (Å²) in [5, 5.41) is 7.17. The molecular weight excluding hydrogens is 471 g/mol. The van der Waals surface area contributed by atoms with Crippen LogP contribution in [0.5, 0.6) is 0 Å². The maximum absolute atomic E-state index is 13.0. The van der Waals surface area contributed by atoms with Gasteiger partial charge in [0.15, 0.2) is 0 Å². The second kappa shape index (κ2) is 8.84. The van der Waals surface area contributed by atoms with E-state index >= 15 is 0 Å². The Morgan fingerprint density at radius 1 is 0.861 bits per heavy atom. The summed E-state index contributed by atoms with van der Waals surface area (Å²) in [7, 11) is 0. The second-order valence-electron chi connectivity index (χ2n) is 8.21. The first-order chi connectivity index (χ1) is 17.2. The summed E-state index contributed by atoms with van der Waals surface area (Å²) in [6.07, 6.45) is -4.82. The van der Waals surface area contributed by atoms with Gasteiger partial charge in [-0.15, -0.1) is 0 Å². The number of hydrogen-bond donors (Lipinski definition) is 2. The maximum Gasteiger partial charge on any atom is 0.416 e. The van der Waals surface area contributed by atoms with Gasteiger partial charge in [-0.3, -0.25) is 19.3 Å². The smallest absolute Gasteiger partial charge is 0.323 e. The van der Waals surface area contributed by atoms with Crippen LogP contribution in [0.15, 0.2) is 84.9 Å². The number of nitrogens with one attached hydrogen (secondary N) is 2. The lowest BCUT2D eigenvalue weighted by atomic mass is 10.1. The third-order valence-corrected chi connectivity index (χ3v) is 5.83. The van der Waals surface area contributed by atoms with Crippen molar-refractivity contribution in [3.63, 3.8) is 0 Å². The van der Waals surface area contributed by atoms with Crippen molar-refractivity contribution >= 4 is 51.2 Å². The van der Waals surface area contributed by atoms with Crippen molar-refractivity contribution in [3.8, 4) is 0 Å². The first kappa shape index (κ1) is 23.1. The molecule has 1 heterocycles. The van der Waals surface area contributed by atoms with Crippen LogP contribution in [0, 0.1) is 0 Å². The highest BCUT2D eigenvalue weighted by Gasteiger charge is 2.30. The van der Waals surface area contributed by atoms with Crippen molar-refractivity contribution in [1.82, 2.24) is 0 Å². The van der Waals surface area contributed by atoms with E-state index < -0.39 is 29.5 Å². The molecular formula is C27H18F3N3O3. The molecule has 180 valence electrons. The lowest BCUT2D eigenvalue weighted by Gasteiger charge is -2.23. The van der Waals surface area contributed by atoms with E-state index in [-0.39, 0.29) is 12.0 Å². The van der Waals surface area contributed by atoms with Gasteiger partial charge in [-0.1, -0.05) is 30.3 Å². The van der Waals surface area contributed by atoms with Crippen molar-refractivity contribution in [2.24, 2.45) is 0 Å². The van der Waals surface area contributed by atoms with Crippen molar-refractivity contribution in [1.29, 1.82) is 0 Å². The number of carbonyl (C=O) groups excluding carboxylic acids is 3. The molecule has 3 amide bonds. The third kappa shape index (κ3) is 4.38. The zero-order valence-electron chi connectivity index (χ0n) is 18.6. The summed E-state index contributed by atoms with van der Waals surface area (Å²) >= 11 is 0. The van der Waals surface area contributed by atoms with E-state index in [2.05, 4.69) is 10.6 Å². The molecule has 0 fully saturated rings. The van der Waals surface area contributed by atoms with Crippen LogP contribution in [0.3, 0.4) is 0 Å². The molecule has 0 unspecified atom stereocenters. The minimum atomic E-state index is -4.49. The third-order valence-electron chi connectivity index (χ3n) is 5.83. The molecule has 4 aromatic rings. The van der Waals surface area contributed by atoms with Crippen LogP contribution in [0.4, 0.5) is 35.9 Å². The zero-order valence-corrected chi connectivity index (χ0v) is 18.6. The fourth-order valence-corrected chi connectivity index (χ4v) is 4.10. The molecule has 2 N–H and O–H groups in total. The number of halogens is 3. The van der Waals surface area contributed by atoms with Gasteiger partial charge in [0.2, 0.25) is 11.8 Å². The number of fused-ring (bicyclic) bond motifs is 3. The zero-order chi connectivity index (χ0) is 25.4. The fraction of sp³-hybridized carbons (Fsp3) is 0.0741. The number of hydrogen-bond acceptors (Lipinski definition) is 3. The molecule has 0 spiro atoms. The average molecular weight is 489 g/mol. The lowest BCUT2D eigenvalue weighted by molar-refractivity contribution is -0.137. The van der Waals surface area contributed by atoms with Gasteiger partial charge in [-0.2, -0.15) is 13.2 Å². The van der Waals surface area contributed by atoms with E-state index in [4.69, 9.17) is 0 Å². The second-order valence-corrected chi connectivity index (χ2v) is 8.21. The molecule has 5 rings (SSSR count). The highest BCUT2D eigenvalue weighted by Crippen LogP contribution is 2.40. The summed E-state index contributed by atoms with van der Waals surface area (Å²) in [5.74, 6) is -1.41. The Morgan fingerprint density at radius 3 is 2.25 bits per heavy atom. The Bertz CT molecular complexity index is 1500. The van der Waals surface area contributed by atoms with E-state index in [0.717, 1.165) is 35.0 Å². The normalized spacial score (nSPS) is 13.7. The van der Waals surface area contributed by atoms with Gasteiger partial charge in [0, 0.05) is 22.3 Å². The molecule has 1 aliphatic heterocycles. The van der Waals surface area contributed by atoms with E-state index in [1.807, 2.05) is 30.3 Å². The van der Waals surface area contributed by atoms with Crippen molar-refractivity contribution in [2.75, 3.05) is 15.5 Å². The van der Waals surface area contributed by atoms with Gasteiger partial charge >= 0.3 is 6.18 Å². The van der Waals surface area contributed by atoms with Crippen LogP contribution in [-0.2, 0) is 15.8 Å². The quantitative estimate of drug-likeness (QED) is 0.341. The molecule has 1 aliphatic rings. The van der Waals surface area contributed by atoms with Gasteiger partial charge in [-0.25, -0.2) is 0 Å². The average Bonchev–Trinajstić information content (AvgIpc) is 2.98. The van der Waals surface area contributed by atoms with Crippen LogP contribution in [0.1, 0.15) is 22.3 Å². The van der Waals surface area contributed by atoms with Gasteiger partial charge in [0.25, 0.3) is 5.91 Å². The SMILES string of the molecule is O=C1CC(=O)N(c2ccc(NC(=O)c3ccc(C(F)(F)F)cc3)cc2)c2ccc3ccccc3c2N1. The van der Waals surface area contributed by atoms with Crippen molar-refractivity contribution in [3.05, 3.63) is 96.1 Å². The molecule has 0 aliphatic carbocycles. The molecule has 0 aromatic heterocycles. The summed E-state index contributed by atoms with van der Waals surface area (Å²) in [6.45, 7) is 0. The predicted molar refractivity (Wildman–Crippen MR) is 130 cm³/mol. The predicted octanol–water partition coefficient (Wildman–Crippen LogP) is 6.12. The fourth-order valence-electron chi connectivity index (χ4n) is 4.10. The van der Waals surface area contributed by atoms with E-state index in [9.17, 15) is 27.6 Å². The molecule has 36 heavy (non-hydrogen) atoms. The minimum Gasteiger partial charge on any atom is -0.323 e. The maximum atomic E-state index is 13.0. The van der Waals surface area contributed by atoms with E-state index in [1.54, 1.807) is 30.3 Å². The highest BCUT2D eigenvalue weighted by molar-refractivity contribution is 6.21. The molecule has 0 saturated carbocycles. The molecule has 9 heteroatoms. The van der Waals surface area contributed by atoms with Crippen LogP contribution in [0.25, 0.3) is 10.8 Å². The van der Waals surface area contributed by atoms with Crippen molar-refractivity contribution < 1.29 is 27.6 Å². The van der Waals surface area contributed by atoms with E-state index in [1.165, 1.54) is 4.90 Å². The largest absolute Gasteiger partial charge is 0.416 e. The topological polar surface area (TPSA) is 78.5 Å². The number of alkyl halides is 3. The Hall–Kier alpha value is -4.66.